The molecule has 0 N–H and O–H groups in total. The van der Waals surface area contributed by atoms with Crippen LogP contribution in [0.3, 0.4) is 0 Å². The van der Waals surface area contributed by atoms with Crippen molar-refractivity contribution in [2.45, 2.75) is 13.3 Å². The Hall–Kier alpha value is -1.20. The van der Waals surface area contributed by atoms with Gasteiger partial charge in [-0.2, -0.15) is 0 Å². The number of hydrogen-bond acceptors (Lipinski definition) is 4. The summed E-state index contributed by atoms with van der Waals surface area (Å²) in [5.74, 6) is 0.778. The first-order valence-corrected chi connectivity index (χ1v) is 7.05. The molecule has 0 aliphatic rings. The molecule has 0 aliphatic heterocycles. The van der Waals surface area contributed by atoms with Gasteiger partial charge in [0, 0.05) is 10.9 Å². The molecule has 5 heteroatoms. The predicted molar refractivity (Wildman–Crippen MR) is 75.6 cm³/mol. The lowest BCUT2D eigenvalue weighted by atomic mass is 10.1. The molecule has 0 spiro atoms. The van der Waals surface area contributed by atoms with Crippen LogP contribution >= 0.6 is 27.3 Å². The minimum Gasteiger partial charge on any atom is -0.496 e. The summed E-state index contributed by atoms with van der Waals surface area (Å²) in [7, 11) is 1.60. The number of benzene rings is 1. The third kappa shape index (κ3) is 2.97. The monoisotopic (exact) mass is 325 g/mol. The maximum Gasteiger partial charge on any atom is 0.168 e. The summed E-state index contributed by atoms with van der Waals surface area (Å²) in [6.07, 6.45) is 0.336. The molecule has 0 bridgehead atoms. The van der Waals surface area contributed by atoms with E-state index < -0.39 is 0 Å². The average molecular weight is 326 g/mol. The Morgan fingerprint density at radius 2 is 2.28 bits per heavy atom. The molecule has 0 radical (unpaired) electrons. The standard InChI is InChI=1S/C13H12BrNO2S/c1-8-15-10(7-18-8)6-12(16)9-3-4-13(17-2)11(14)5-9/h3-5,7H,6H2,1-2H3. The van der Waals surface area contributed by atoms with Gasteiger partial charge in [-0.05, 0) is 41.1 Å². The van der Waals surface area contributed by atoms with Gasteiger partial charge in [0.05, 0.1) is 28.7 Å². The summed E-state index contributed by atoms with van der Waals surface area (Å²) >= 11 is 4.93. The maximum absolute atomic E-state index is 12.1. The largest absolute Gasteiger partial charge is 0.496 e. The summed E-state index contributed by atoms with van der Waals surface area (Å²) in [6.45, 7) is 1.93. The van der Waals surface area contributed by atoms with Gasteiger partial charge in [0.25, 0.3) is 0 Å². The number of ether oxygens (including phenoxy) is 1. The fourth-order valence-corrected chi connectivity index (χ4v) is 2.75. The molecule has 1 aromatic carbocycles. The molecule has 0 saturated heterocycles. The van der Waals surface area contributed by atoms with Gasteiger partial charge in [-0.3, -0.25) is 4.79 Å². The van der Waals surface area contributed by atoms with E-state index in [1.54, 1.807) is 36.6 Å². The Morgan fingerprint density at radius 3 is 2.83 bits per heavy atom. The van der Waals surface area contributed by atoms with E-state index in [9.17, 15) is 4.79 Å². The molecule has 0 aliphatic carbocycles. The molecule has 0 atom stereocenters. The number of aromatic nitrogens is 1. The molecule has 1 aromatic heterocycles. The number of hydrogen-bond donors (Lipinski definition) is 0. The summed E-state index contributed by atoms with van der Waals surface area (Å²) in [6, 6.07) is 5.33. The predicted octanol–water partition coefficient (Wildman–Crippen LogP) is 3.65. The van der Waals surface area contributed by atoms with Gasteiger partial charge in [-0.1, -0.05) is 0 Å². The molecule has 18 heavy (non-hydrogen) atoms. The van der Waals surface area contributed by atoms with Crippen LogP contribution in [0.25, 0.3) is 0 Å². The molecule has 3 nitrogen and oxygen atoms in total. The van der Waals surface area contributed by atoms with E-state index in [0.29, 0.717) is 12.0 Å². The van der Waals surface area contributed by atoms with E-state index >= 15 is 0 Å². The van der Waals surface area contributed by atoms with Crippen LogP contribution in [0.5, 0.6) is 5.75 Å². The van der Waals surface area contributed by atoms with Crippen molar-refractivity contribution in [3.63, 3.8) is 0 Å². The summed E-state index contributed by atoms with van der Waals surface area (Å²) in [5.41, 5.74) is 1.49. The Labute approximate surface area is 118 Å². The fourth-order valence-electron chi connectivity index (χ4n) is 1.60. The van der Waals surface area contributed by atoms with Crippen molar-refractivity contribution in [2.75, 3.05) is 7.11 Å². The highest BCUT2D eigenvalue weighted by molar-refractivity contribution is 9.10. The molecule has 0 saturated carbocycles. The normalized spacial score (nSPS) is 10.4. The van der Waals surface area contributed by atoms with Crippen LogP contribution in [0.15, 0.2) is 28.1 Å². The average Bonchev–Trinajstić information content (AvgIpc) is 2.74. The molecular formula is C13H12BrNO2S. The molecule has 2 rings (SSSR count). The number of ketones is 1. The van der Waals surface area contributed by atoms with Crippen molar-refractivity contribution in [3.8, 4) is 5.75 Å². The van der Waals surface area contributed by atoms with Crippen molar-refractivity contribution >= 4 is 33.0 Å². The van der Waals surface area contributed by atoms with Crippen LogP contribution in [0.1, 0.15) is 21.1 Å². The number of carbonyl (C=O) groups excluding carboxylic acids is 1. The van der Waals surface area contributed by atoms with Gasteiger partial charge in [-0.15, -0.1) is 11.3 Å². The first kappa shape index (κ1) is 13.2. The molecular weight excluding hydrogens is 314 g/mol. The van der Waals surface area contributed by atoms with E-state index in [1.807, 2.05) is 12.3 Å². The van der Waals surface area contributed by atoms with Crippen LogP contribution in [0.2, 0.25) is 0 Å². The number of Topliss-reactive ketones (excluding diaryl/α,β-unsaturated/α-hetero) is 1. The number of halogens is 1. The van der Waals surface area contributed by atoms with Crippen LogP contribution in [0, 0.1) is 6.92 Å². The molecule has 2 aromatic rings. The minimum absolute atomic E-state index is 0.0589. The van der Waals surface area contributed by atoms with E-state index in [1.165, 1.54) is 0 Å². The smallest absolute Gasteiger partial charge is 0.168 e. The highest BCUT2D eigenvalue weighted by atomic mass is 79.9. The molecule has 94 valence electrons. The highest BCUT2D eigenvalue weighted by Gasteiger charge is 2.11. The first-order valence-electron chi connectivity index (χ1n) is 5.38. The number of aryl methyl sites for hydroxylation is 1. The Kier molecular flexibility index (Phi) is 4.14. The van der Waals surface area contributed by atoms with E-state index in [2.05, 4.69) is 20.9 Å². The van der Waals surface area contributed by atoms with Gasteiger partial charge in [-0.25, -0.2) is 4.98 Å². The maximum atomic E-state index is 12.1. The summed E-state index contributed by atoms with van der Waals surface area (Å²) in [4.78, 5) is 16.4. The number of thiazole rings is 1. The van der Waals surface area contributed by atoms with E-state index in [-0.39, 0.29) is 5.78 Å². The van der Waals surface area contributed by atoms with Gasteiger partial charge in [0.15, 0.2) is 5.78 Å². The summed E-state index contributed by atoms with van der Waals surface area (Å²) in [5, 5.41) is 2.90. The SMILES string of the molecule is COc1ccc(C(=O)Cc2csc(C)n2)cc1Br. The number of carbonyl (C=O) groups is 1. The van der Waals surface area contributed by atoms with E-state index in [0.717, 1.165) is 20.9 Å². The number of methoxy groups -OCH3 is 1. The number of rotatable bonds is 4. The van der Waals surface area contributed by atoms with Crippen molar-refractivity contribution < 1.29 is 9.53 Å². The molecule has 1 heterocycles. The van der Waals surface area contributed by atoms with Gasteiger partial charge < -0.3 is 4.74 Å². The zero-order valence-electron chi connectivity index (χ0n) is 10.1. The van der Waals surface area contributed by atoms with Crippen molar-refractivity contribution in [1.82, 2.24) is 4.98 Å². The topological polar surface area (TPSA) is 39.2 Å². The fraction of sp³-hybridized carbons (Fsp3) is 0.231. The van der Waals surface area contributed by atoms with Crippen LogP contribution < -0.4 is 4.74 Å². The third-order valence-corrected chi connectivity index (χ3v) is 3.92. The highest BCUT2D eigenvalue weighted by Crippen LogP contribution is 2.26. The van der Waals surface area contributed by atoms with Crippen molar-refractivity contribution in [3.05, 3.63) is 44.3 Å². The van der Waals surface area contributed by atoms with E-state index in [4.69, 9.17) is 4.74 Å². The quantitative estimate of drug-likeness (QED) is 0.805. The van der Waals surface area contributed by atoms with Crippen LogP contribution in [-0.4, -0.2) is 17.9 Å². The lowest BCUT2D eigenvalue weighted by Crippen LogP contribution is -2.04. The third-order valence-electron chi connectivity index (χ3n) is 2.48. The zero-order valence-corrected chi connectivity index (χ0v) is 12.5. The Balaban J connectivity index is 2.16. The lowest BCUT2D eigenvalue weighted by molar-refractivity contribution is 0.0992. The summed E-state index contributed by atoms with van der Waals surface area (Å²) < 4.78 is 5.92. The van der Waals surface area contributed by atoms with Crippen molar-refractivity contribution in [2.24, 2.45) is 0 Å². The Bertz CT molecular complexity index is 580. The van der Waals surface area contributed by atoms with Gasteiger partial charge in [0.2, 0.25) is 0 Å². The van der Waals surface area contributed by atoms with Gasteiger partial charge in [0.1, 0.15) is 5.75 Å². The first-order chi connectivity index (χ1) is 8.60. The second-order valence-corrected chi connectivity index (χ2v) is 5.72. The van der Waals surface area contributed by atoms with Crippen LogP contribution in [-0.2, 0) is 6.42 Å². The molecule has 0 unspecified atom stereocenters. The number of nitrogens with zero attached hydrogens (tertiary/aromatic N) is 1. The molecule has 0 amide bonds. The molecule has 0 fully saturated rings. The second-order valence-electron chi connectivity index (χ2n) is 3.81. The van der Waals surface area contributed by atoms with Gasteiger partial charge >= 0.3 is 0 Å². The van der Waals surface area contributed by atoms with Crippen LogP contribution in [0.4, 0.5) is 0 Å². The minimum atomic E-state index is 0.0589. The lowest BCUT2D eigenvalue weighted by Gasteiger charge is -2.05. The Morgan fingerprint density at radius 1 is 1.50 bits per heavy atom. The van der Waals surface area contributed by atoms with Crippen molar-refractivity contribution in [1.29, 1.82) is 0 Å². The zero-order chi connectivity index (χ0) is 13.1. The second kappa shape index (κ2) is 5.63.